The zero-order valence-corrected chi connectivity index (χ0v) is 12.5. The predicted octanol–water partition coefficient (Wildman–Crippen LogP) is 3.57. The van der Waals surface area contributed by atoms with Crippen molar-refractivity contribution in [2.45, 2.75) is 6.92 Å². The maximum absolute atomic E-state index is 12.3. The lowest BCUT2D eigenvalue weighted by atomic mass is 10.0. The van der Waals surface area contributed by atoms with Gasteiger partial charge >= 0.3 is 0 Å². The first-order chi connectivity index (χ1) is 10.0. The van der Waals surface area contributed by atoms with Gasteiger partial charge in [0.05, 0.1) is 0 Å². The molecule has 3 nitrogen and oxygen atoms in total. The average Bonchev–Trinajstić information content (AvgIpc) is 2.46. The molecular formula is C18H18N2O. The maximum Gasteiger partial charge on any atom is 0.256 e. The topological polar surface area (TPSA) is 36.1 Å². The number of hydrogen-bond donors (Lipinski definition) is 1. The summed E-state index contributed by atoms with van der Waals surface area (Å²) < 4.78 is 0. The van der Waals surface area contributed by atoms with Gasteiger partial charge in [0.1, 0.15) is 0 Å². The number of aromatic nitrogens is 1. The van der Waals surface area contributed by atoms with Crippen molar-refractivity contribution in [2.75, 3.05) is 19.0 Å². The number of rotatable bonds is 2. The van der Waals surface area contributed by atoms with Gasteiger partial charge < -0.3 is 9.88 Å². The van der Waals surface area contributed by atoms with E-state index in [1.165, 1.54) is 0 Å². The SMILES string of the molecule is Cc1ccc2cc(-c3ccc(N(C)C)cc3)c(=O)[nH]c2c1. The number of aromatic amines is 1. The first kappa shape index (κ1) is 13.4. The van der Waals surface area contributed by atoms with Gasteiger partial charge in [0.15, 0.2) is 0 Å². The summed E-state index contributed by atoms with van der Waals surface area (Å²) in [5.41, 5.74) is 4.73. The molecule has 3 rings (SSSR count). The summed E-state index contributed by atoms with van der Waals surface area (Å²) in [7, 11) is 4.00. The van der Waals surface area contributed by atoms with Crippen LogP contribution in [-0.4, -0.2) is 19.1 Å². The molecule has 0 radical (unpaired) electrons. The normalized spacial score (nSPS) is 10.8. The van der Waals surface area contributed by atoms with E-state index in [0.717, 1.165) is 27.7 Å². The van der Waals surface area contributed by atoms with E-state index < -0.39 is 0 Å². The lowest BCUT2D eigenvalue weighted by molar-refractivity contribution is 1.13. The third kappa shape index (κ3) is 2.55. The molecule has 0 bridgehead atoms. The summed E-state index contributed by atoms with van der Waals surface area (Å²) in [5, 5.41) is 1.05. The van der Waals surface area contributed by atoms with E-state index in [2.05, 4.69) is 11.1 Å². The molecule has 1 aromatic heterocycles. The molecule has 1 N–H and O–H groups in total. The van der Waals surface area contributed by atoms with Gasteiger partial charge in [-0.15, -0.1) is 0 Å². The van der Waals surface area contributed by atoms with Crippen LogP contribution in [0.25, 0.3) is 22.0 Å². The molecule has 0 atom stereocenters. The maximum atomic E-state index is 12.3. The van der Waals surface area contributed by atoms with Gasteiger partial charge in [-0.3, -0.25) is 4.79 Å². The highest BCUT2D eigenvalue weighted by Crippen LogP contribution is 2.22. The Morgan fingerprint density at radius 1 is 0.952 bits per heavy atom. The monoisotopic (exact) mass is 278 g/mol. The standard InChI is InChI=1S/C18H18N2O/c1-12-4-5-14-11-16(18(21)19-17(14)10-12)13-6-8-15(9-7-13)20(2)3/h4-11H,1-3H3,(H,19,21). The summed E-state index contributed by atoms with van der Waals surface area (Å²) in [6.45, 7) is 2.02. The molecule has 0 saturated heterocycles. The summed E-state index contributed by atoms with van der Waals surface area (Å²) in [6.07, 6.45) is 0. The Morgan fingerprint density at radius 2 is 1.67 bits per heavy atom. The van der Waals surface area contributed by atoms with Gasteiger partial charge in [-0.05, 0) is 47.7 Å². The Labute approximate surface area is 123 Å². The van der Waals surface area contributed by atoms with Crippen molar-refractivity contribution in [2.24, 2.45) is 0 Å². The van der Waals surface area contributed by atoms with E-state index >= 15 is 0 Å². The summed E-state index contributed by atoms with van der Waals surface area (Å²) in [5.74, 6) is 0. The first-order valence-corrected chi connectivity index (χ1v) is 6.96. The molecule has 1 heterocycles. The highest BCUT2D eigenvalue weighted by Gasteiger charge is 2.06. The van der Waals surface area contributed by atoms with Gasteiger partial charge in [0, 0.05) is 30.9 Å². The molecule has 2 aromatic carbocycles. The molecule has 0 amide bonds. The first-order valence-electron chi connectivity index (χ1n) is 6.96. The van der Waals surface area contributed by atoms with E-state index in [-0.39, 0.29) is 5.56 Å². The van der Waals surface area contributed by atoms with Crippen LogP contribution < -0.4 is 10.5 Å². The molecule has 3 aromatic rings. The zero-order chi connectivity index (χ0) is 15.0. The number of nitrogens with zero attached hydrogens (tertiary/aromatic N) is 1. The number of aryl methyl sites for hydroxylation is 1. The average molecular weight is 278 g/mol. The van der Waals surface area contributed by atoms with Crippen LogP contribution in [0.15, 0.2) is 53.3 Å². The van der Waals surface area contributed by atoms with Crippen LogP contribution in [-0.2, 0) is 0 Å². The van der Waals surface area contributed by atoms with Gasteiger partial charge in [0.2, 0.25) is 0 Å². The third-order valence-electron chi connectivity index (χ3n) is 3.70. The largest absolute Gasteiger partial charge is 0.378 e. The minimum atomic E-state index is -0.0503. The quantitative estimate of drug-likeness (QED) is 0.778. The molecule has 0 fully saturated rings. The molecule has 106 valence electrons. The number of hydrogen-bond acceptors (Lipinski definition) is 2. The smallest absolute Gasteiger partial charge is 0.256 e. The molecule has 3 heteroatoms. The van der Waals surface area contributed by atoms with Crippen molar-refractivity contribution in [3.63, 3.8) is 0 Å². The van der Waals surface area contributed by atoms with E-state index in [1.54, 1.807) is 0 Å². The summed E-state index contributed by atoms with van der Waals surface area (Å²) in [4.78, 5) is 17.3. The van der Waals surface area contributed by atoms with Crippen LogP contribution >= 0.6 is 0 Å². The Bertz CT molecular complexity index is 845. The predicted molar refractivity (Wildman–Crippen MR) is 89.1 cm³/mol. The number of fused-ring (bicyclic) bond motifs is 1. The molecule has 0 aliphatic heterocycles. The molecular weight excluding hydrogens is 260 g/mol. The van der Waals surface area contributed by atoms with Crippen LogP contribution in [0.3, 0.4) is 0 Å². The Morgan fingerprint density at radius 3 is 2.33 bits per heavy atom. The molecule has 21 heavy (non-hydrogen) atoms. The van der Waals surface area contributed by atoms with Gasteiger partial charge in [-0.2, -0.15) is 0 Å². The molecule has 0 spiro atoms. The van der Waals surface area contributed by atoms with Gasteiger partial charge in [-0.1, -0.05) is 24.3 Å². The molecule has 0 saturated carbocycles. The fourth-order valence-corrected chi connectivity index (χ4v) is 2.47. The number of pyridine rings is 1. The number of nitrogens with one attached hydrogen (secondary N) is 1. The number of H-pyrrole nitrogens is 1. The second kappa shape index (κ2) is 5.09. The van der Waals surface area contributed by atoms with Crippen molar-refractivity contribution >= 4 is 16.6 Å². The van der Waals surface area contributed by atoms with Crippen LogP contribution in [0.1, 0.15) is 5.56 Å². The molecule has 0 aliphatic rings. The zero-order valence-electron chi connectivity index (χ0n) is 12.5. The Hall–Kier alpha value is -2.55. The molecule has 0 unspecified atom stereocenters. The van der Waals surface area contributed by atoms with E-state index in [9.17, 15) is 4.79 Å². The number of benzene rings is 2. The molecule has 0 aliphatic carbocycles. The van der Waals surface area contributed by atoms with Gasteiger partial charge in [0.25, 0.3) is 5.56 Å². The highest BCUT2D eigenvalue weighted by molar-refractivity contribution is 5.84. The Kier molecular flexibility index (Phi) is 3.26. The minimum absolute atomic E-state index is 0.0503. The van der Waals surface area contributed by atoms with E-state index in [1.807, 2.05) is 68.4 Å². The summed E-state index contributed by atoms with van der Waals surface area (Å²) in [6, 6.07) is 16.1. The van der Waals surface area contributed by atoms with Gasteiger partial charge in [-0.25, -0.2) is 0 Å². The fraction of sp³-hybridized carbons (Fsp3) is 0.167. The van der Waals surface area contributed by atoms with Crippen molar-refractivity contribution < 1.29 is 0 Å². The summed E-state index contributed by atoms with van der Waals surface area (Å²) >= 11 is 0. The van der Waals surface area contributed by atoms with Crippen LogP contribution in [0.5, 0.6) is 0 Å². The van der Waals surface area contributed by atoms with Crippen LogP contribution in [0.4, 0.5) is 5.69 Å². The minimum Gasteiger partial charge on any atom is -0.378 e. The van der Waals surface area contributed by atoms with Crippen molar-refractivity contribution in [1.82, 2.24) is 4.98 Å². The Balaban J connectivity index is 2.13. The van der Waals surface area contributed by atoms with Crippen molar-refractivity contribution in [3.05, 3.63) is 64.4 Å². The highest BCUT2D eigenvalue weighted by atomic mass is 16.1. The van der Waals surface area contributed by atoms with Crippen molar-refractivity contribution in [3.8, 4) is 11.1 Å². The third-order valence-corrected chi connectivity index (χ3v) is 3.70. The van der Waals surface area contributed by atoms with Crippen LogP contribution in [0.2, 0.25) is 0 Å². The number of anilines is 1. The van der Waals surface area contributed by atoms with E-state index in [0.29, 0.717) is 5.56 Å². The fourth-order valence-electron chi connectivity index (χ4n) is 2.47. The lowest BCUT2D eigenvalue weighted by Gasteiger charge is -2.12. The second-order valence-corrected chi connectivity index (χ2v) is 5.54. The lowest BCUT2D eigenvalue weighted by Crippen LogP contribution is -2.10. The van der Waals surface area contributed by atoms with Crippen LogP contribution in [0, 0.1) is 6.92 Å². The van der Waals surface area contributed by atoms with Crippen molar-refractivity contribution in [1.29, 1.82) is 0 Å². The van der Waals surface area contributed by atoms with E-state index in [4.69, 9.17) is 0 Å². The second-order valence-electron chi connectivity index (χ2n) is 5.54.